The molecule has 0 amide bonds. The molecule has 1 fully saturated rings. The summed E-state index contributed by atoms with van der Waals surface area (Å²) >= 11 is 3.79. The molecule has 0 aromatic heterocycles. The summed E-state index contributed by atoms with van der Waals surface area (Å²) in [6.45, 7) is 4.67. The van der Waals surface area contributed by atoms with E-state index in [9.17, 15) is 8.42 Å². The molecule has 2 aromatic carbocycles. The average Bonchev–Trinajstić information content (AvgIpc) is 2.83. The zero-order valence-electron chi connectivity index (χ0n) is 17.0. The van der Waals surface area contributed by atoms with E-state index >= 15 is 0 Å². The van der Waals surface area contributed by atoms with Gasteiger partial charge in [0.05, 0.1) is 6.26 Å². The van der Waals surface area contributed by atoms with Gasteiger partial charge in [-0.2, -0.15) is 8.42 Å². The van der Waals surface area contributed by atoms with Crippen LogP contribution in [0.25, 0.3) is 0 Å². The molecular weight excluding hydrogens is 424 g/mol. The highest BCUT2D eigenvalue weighted by atomic mass is 32.2. The molecule has 0 bridgehead atoms. The van der Waals surface area contributed by atoms with Crippen LogP contribution in [-0.2, 0) is 16.5 Å². The van der Waals surface area contributed by atoms with E-state index in [1.54, 1.807) is 0 Å². The highest BCUT2D eigenvalue weighted by Crippen LogP contribution is 2.44. The molecule has 8 heteroatoms. The minimum Gasteiger partial charge on any atom is -0.304 e. The second kappa shape index (κ2) is 9.85. The fourth-order valence-corrected chi connectivity index (χ4v) is 5.24. The van der Waals surface area contributed by atoms with Gasteiger partial charge in [0.15, 0.2) is 0 Å². The van der Waals surface area contributed by atoms with Crippen LogP contribution in [0.15, 0.2) is 57.2 Å². The van der Waals surface area contributed by atoms with Gasteiger partial charge in [0, 0.05) is 46.9 Å². The summed E-state index contributed by atoms with van der Waals surface area (Å²) in [5, 5.41) is 0. The van der Waals surface area contributed by atoms with Gasteiger partial charge in [0.1, 0.15) is 0 Å². The summed E-state index contributed by atoms with van der Waals surface area (Å²) < 4.78 is 25.9. The molecule has 2 aliphatic rings. The first-order valence-corrected chi connectivity index (χ1v) is 13.4. The maximum atomic E-state index is 9.19. The molecule has 158 valence electrons. The Bertz CT molecular complexity index is 934. The smallest absolute Gasteiger partial charge is 0.261 e. The molecule has 5 nitrogen and oxygen atoms in total. The molecule has 0 radical (unpaired) electrons. The SMILES string of the molecule is CS(=O)(=O)O.CSc1ccc2c(c1)C(N1CCN(C)CC1)Cc1ccccc1S2. The first kappa shape index (κ1) is 22.7. The predicted molar refractivity (Wildman–Crippen MR) is 122 cm³/mol. The van der Waals surface area contributed by atoms with Gasteiger partial charge in [-0.3, -0.25) is 9.45 Å². The van der Waals surface area contributed by atoms with Gasteiger partial charge in [0.2, 0.25) is 0 Å². The Balaban J connectivity index is 0.000000431. The van der Waals surface area contributed by atoms with Gasteiger partial charge >= 0.3 is 0 Å². The van der Waals surface area contributed by atoms with Crippen LogP contribution in [0.2, 0.25) is 0 Å². The molecule has 0 spiro atoms. The molecule has 2 heterocycles. The summed E-state index contributed by atoms with van der Waals surface area (Å²) in [6.07, 6.45) is 4.01. The fraction of sp³-hybridized carbons (Fsp3) is 0.429. The maximum Gasteiger partial charge on any atom is 0.261 e. The monoisotopic (exact) mass is 452 g/mol. The third-order valence-electron chi connectivity index (χ3n) is 5.16. The van der Waals surface area contributed by atoms with Crippen LogP contribution in [0.3, 0.4) is 0 Å². The Morgan fingerprint density at radius 3 is 2.38 bits per heavy atom. The van der Waals surface area contributed by atoms with Gasteiger partial charge in [-0.15, -0.1) is 11.8 Å². The largest absolute Gasteiger partial charge is 0.304 e. The molecule has 1 atom stereocenters. The number of piperazine rings is 1. The standard InChI is InChI=1S/C20H24N2S2.CH4O3S/c1-21-9-11-22(12-10-21)18-13-15-5-3-4-6-19(15)24-20-8-7-16(23-2)14-17(18)20;1-5(2,3)4/h3-8,14,18H,9-13H2,1-2H3;1H3,(H,2,3,4). The van der Waals surface area contributed by atoms with Crippen molar-refractivity contribution in [1.82, 2.24) is 9.80 Å². The number of hydrogen-bond donors (Lipinski definition) is 1. The van der Waals surface area contributed by atoms with Crippen molar-refractivity contribution in [3.8, 4) is 0 Å². The van der Waals surface area contributed by atoms with Crippen molar-refractivity contribution < 1.29 is 13.0 Å². The summed E-state index contributed by atoms with van der Waals surface area (Å²) in [6, 6.07) is 16.5. The maximum absolute atomic E-state index is 9.19. The number of rotatable bonds is 2. The highest BCUT2D eigenvalue weighted by Gasteiger charge is 2.29. The minimum absolute atomic E-state index is 0.497. The van der Waals surface area contributed by atoms with E-state index in [-0.39, 0.29) is 0 Å². The topological polar surface area (TPSA) is 60.9 Å². The lowest BCUT2D eigenvalue weighted by Gasteiger charge is -2.38. The summed E-state index contributed by atoms with van der Waals surface area (Å²) in [7, 11) is -1.44. The molecule has 29 heavy (non-hydrogen) atoms. The normalized spacial score (nSPS) is 20.1. The van der Waals surface area contributed by atoms with Gasteiger partial charge in [-0.05, 0) is 55.1 Å². The Labute approximate surface area is 182 Å². The van der Waals surface area contributed by atoms with Gasteiger partial charge in [-0.25, -0.2) is 0 Å². The van der Waals surface area contributed by atoms with Crippen molar-refractivity contribution in [1.29, 1.82) is 0 Å². The summed E-state index contributed by atoms with van der Waals surface area (Å²) in [4.78, 5) is 9.37. The van der Waals surface area contributed by atoms with Crippen LogP contribution in [0.5, 0.6) is 0 Å². The molecule has 1 N–H and O–H groups in total. The second-order valence-electron chi connectivity index (χ2n) is 7.41. The second-order valence-corrected chi connectivity index (χ2v) is 10.8. The van der Waals surface area contributed by atoms with E-state index in [2.05, 4.69) is 65.6 Å². The van der Waals surface area contributed by atoms with Crippen molar-refractivity contribution in [2.24, 2.45) is 0 Å². The average molecular weight is 453 g/mol. The lowest BCUT2D eigenvalue weighted by atomic mass is 9.96. The summed E-state index contributed by atoms with van der Waals surface area (Å²) in [5.74, 6) is 0. The van der Waals surface area contributed by atoms with Crippen LogP contribution in [0, 0.1) is 0 Å². The fourth-order valence-electron chi connectivity index (χ4n) is 3.68. The van der Waals surface area contributed by atoms with E-state index in [1.807, 2.05) is 23.5 Å². The number of nitrogens with zero attached hydrogens (tertiary/aromatic N) is 2. The van der Waals surface area contributed by atoms with E-state index < -0.39 is 10.1 Å². The number of likely N-dealkylation sites (N-methyl/N-ethyl adjacent to an activating group) is 1. The molecule has 0 saturated carbocycles. The zero-order valence-corrected chi connectivity index (χ0v) is 19.5. The molecular formula is C21H28N2O3S3. The third-order valence-corrected chi connectivity index (χ3v) is 7.10. The van der Waals surface area contributed by atoms with E-state index in [4.69, 9.17) is 4.55 Å². The molecule has 2 aromatic rings. The third kappa shape index (κ3) is 6.47. The molecule has 0 aliphatic carbocycles. The van der Waals surface area contributed by atoms with Crippen LogP contribution in [0.1, 0.15) is 17.2 Å². The van der Waals surface area contributed by atoms with E-state index in [0.29, 0.717) is 12.3 Å². The first-order chi connectivity index (χ1) is 13.7. The Kier molecular flexibility index (Phi) is 7.69. The van der Waals surface area contributed by atoms with Crippen LogP contribution < -0.4 is 0 Å². The minimum atomic E-state index is -3.67. The number of hydrogen-bond acceptors (Lipinski definition) is 6. The zero-order chi connectivity index (χ0) is 21.0. The van der Waals surface area contributed by atoms with E-state index in [1.165, 1.54) is 38.9 Å². The van der Waals surface area contributed by atoms with Crippen molar-refractivity contribution >= 4 is 33.6 Å². The molecule has 4 rings (SSSR count). The van der Waals surface area contributed by atoms with Crippen LogP contribution >= 0.6 is 23.5 Å². The van der Waals surface area contributed by atoms with Crippen molar-refractivity contribution in [3.63, 3.8) is 0 Å². The van der Waals surface area contributed by atoms with Gasteiger partial charge in [-0.1, -0.05) is 30.0 Å². The quantitative estimate of drug-likeness (QED) is 0.548. The van der Waals surface area contributed by atoms with Crippen molar-refractivity contribution in [2.45, 2.75) is 27.1 Å². The molecule has 1 unspecified atom stereocenters. The van der Waals surface area contributed by atoms with Gasteiger partial charge in [0.25, 0.3) is 10.1 Å². The number of benzene rings is 2. The molecule has 1 saturated heterocycles. The van der Waals surface area contributed by atoms with E-state index in [0.717, 1.165) is 19.5 Å². The van der Waals surface area contributed by atoms with Crippen molar-refractivity contribution in [2.75, 3.05) is 45.7 Å². The Morgan fingerprint density at radius 1 is 1.07 bits per heavy atom. The number of fused-ring (bicyclic) bond motifs is 2. The summed E-state index contributed by atoms with van der Waals surface area (Å²) in [5.41, 5.74) is 3.01. The lowest BCUT2D eigenvalue weighted by Crippen LogP contribution is -2.46. The molecule has 2 aliphatic heterocycles. The van der Waals surface area contributed by atoms with Crippen LogP contribution in [-0.4, -0.2) is 68.5 Å². The Hall–Kier alpha value is -1.03. The first-order valence-electron chi connectivity index (χ1n) is 9.53. The lowest BCUT2D eigenvalue weighted by molar-refractivity contribution is 0.109. The number of thioether (sulfide) groups is 1. The Morgan fingerprint density at radius 2 is 1.72 bits per heavy atom. The van der Waals surface area contributed by atoms with Crippen LogP contribution in [0.4, 0.5) is 0 Å². The highest BCUT2D eigenvalue weighted by molar-refractivity contribution is 7.99. The van der Waals surface area contributed by atoms with Crippen molar-refractivity contribution in [3.05, 3.63) is 53.6 Å². The predicted octanol–water partition coefficient (Wildman–Crippen LogP) is 3.91. The van der Waals surface area contributed by atoms with Gasteiger partial charge < -0.3 is 4.90 Å².